The summed E-state index contributed by atoms with van der Waals surface area (Å²) in [7, 11) is 0. The van der Waals surface area contributed by atoms with Crippen molar-refractivity contribution in [2.75, 3.05) is 5.32 Å². The van der Waals surface area contributed by atoms with E-state index >= 15 is 0 Å². The fraction of sp³-hybridized carbons (Fsp3) is 0. The van der Waals surface area contributed by atoms with Crippen molar-refractivity contribution in [2.45, 2.75) is 0 Å². The summed E-state index contributed by atoms with van der Waals surface area (Å²) in [5.74, 6) is 0.496. The van der Waals surface area contributed by atoms with Gasteiger partial charge in [-0.3, -0.25) is 0 Å². The largest absolute Gasteiger partial charge is 0.339 e. The molecule has 0 saturated heterocycles. The lowest BCUT2D eigenvalue weighted by atomic mass is 10.2. The Morgan fingerprint density at radius 3 is 3.00 bits per heavy atom. The van der Waals surface area contributed by atoms with Gasteiger partial charge in [-0.15, -0.1) is 11.3 Å². The molecule has 0 aliphatic heterocycles. The summed E-state index contributed by atoms with van der Waals surface area (Å²) in [6, 6.07) is 11.7. The number of thiophene rings is 1. The van der Waals surface area contributed by atoms with E-state index in [9.17, 15) is 0 Å². The smallest absolute Gasteiger partial charge is 0.150 e. The Kier molecular flexibility index (Phi) is 3.08. The van der Waals surface area contributed by atoms with E-state index in [-0.39, 0.29) is 0 Å². The number of aromatic nitrogens is 1. The molecule has 3 nitrogen and oxygen atoms in total. The predicted molar refractivity (Wildman–Crippen MR) is 79.1 cm³/mol. The number of pyridine rings is 1. The van der Waals surface area contributed by atoms with Gasteiger partial charge in [0.1, 0.15) is 11.1 Å². The molecule has 0 aliphatic carbocycles. The summed E-state index contributed by atoms with van der Waals surface area (Å²) in [5, 5.41) is 15.6. The average molecular weight is 286 g/mol. The zero-order valence-corrected chi connectivity index (χ0v) is 11.3. The third kappa shape index (κ3) is 2.26. The monoisotopic (exact) mass is 285 g/mol. The molecule has 0 bridgehead atoms. The first kappa shape index (κ1) is 12.0. The highest BCUT2D eigenvalue weighted by Crippen LogP contribution is 2.29. The van der Waals surface area contributed by atoms with E-state index in [4.69, 9.17) is 16.9 Å². The molecule has 0 unspecified atom stereocenters. The van der Waals surface area contributed by atoms with Crippen LogP contribution in [0, 0.1) is 11.3 Å². The minimum absolute atomic E-state index is 0.343. The van der Waals surface area contributed by atoms with Crippen molar-refractivity contribution in [3.05, 3.63) is 52.5 Å². The second kappa shape index (κ2) is 4.88. The first-order valence-corrected chi connectivity index (χ1v) is 6.82. The van der Waals surface area contributed by atoms with Gasteiger partial charge >= 0.3 is 0 Å². The van der Waals surface area contributed by atoms with E-state index in [2.05, 4.69) is 21.7 Å². The van der Waals surface area contributed by atoms with E-state index in [0.29, 0.717) is 16.4 Å². The van der Waals surface area contributed by atoms with Gasteiger partial charge in [0.15, 0.2) is 5.82 Å². The second-order valence-electron chi connectivity index (χ2n) is 3.93. The summed E-state index contributed by atoms with van der Waals surface area (Å²) < 4.78 is 1.23. The lowest BCUT2D eigenvalue weighted by Crippen LogP contribution is -1.95. The quantitative estimate of drug-likeness (QED) is 0.750. The molecule has 3 aromatic rings. The van der Waals surface area contributed by atoms with Crippen molar-refractivity contribution in [1.29, 1.82) is 5.26 Å². The molecule has 0 saturated carbocycles. The normalized spacial score (nSPS) is 10.3. The SMILES string of the molecule is N#Cc1ccnc(Nc2ccc3sccc3c2)c1Cl. The van der Waals surface area contributed by atoms with Gasteiger partial charge in [0.05, 0.1) is 5.56 Å². The molecule has 0 radical (unpaired) electrons. The third-order valence-electron chi connectivity index (χ3n) is 2.72. The molecule has 0 amide bonds. The maximum Gasteiger partial charge on any atom is 0.150 e. The van der Waals surface area contributed by atoms with Crippen LogP contribution in [0.3, 0.4) is 0 Å². The molecule has 19 heavy (non-hydrogen) atoms. The average Bonchev–Trinajstić information content (AvgIpc) is 2.88. The molecule has 0 atom stereocenters. The van der Waals surface area contributed by atoms with Crippen LogP contribution in [0.4, 0.5) is 11.5 Å². The van der Waals surface area contributed by atoms with Crippen LogP contribution in [-0.2, 0) is 0 Å². The highest BCUT2D eigenvalue weighted by Gasteiger charge is 2.07. The molecule has 0 spiro atoms. The van der Waals surface area contributed by atoms with Crippen LogP contribution in [0.1, 0.15) is 5.56 Å². The number of benzene rings is 1. The van der Waals surface area contributed by atoms with E-state index in [0.717, 1.165) is 5.69 Å². The number of anilines is 2. The molecule has 1 aromatic carbocycles. The minimum Gasteiger partial charge on any atom is -0.339 e. The molecular formula is C14H8ClN3S. The molecule has 0 fully saturated rings. The Hall–Kier alpha value is -2.09. The zero-order valence-electron chi connectivity index (χ0n) is 9.72. The van der Waals surface area contributed by atoms with Gasteiger partial charge in [0, 0.05) is 16.6 Å². The van der Waals surface area contributed by atoms with Crippen LogP contribution in [0.15, 0.2) is 41.9 Å². The summed E-state index contributed by atoms with van der Waals surface area (Å²) in [6.07, 6.45) is 1.57. The Morgan fingerprint density at radius 1 is 1.26 bits per heavy atom. The van der Waals surface area contributed by atoms with Gasteiger partial charge < -0.3 is 5.32 Å². The van der Waals surface area contributed by atoms with Crippen molar-refractivity contribution in [1.82, 2.24) is 4.98 Å². The van der Waals surface area contributed by atoms with Gasteiger partial charge in [-0.25, -0.2) is 4.98 Å². The number of hydrogen-bond donors (Lipinski definition) is 1. The van der Waals surface area contributed by atoms with Crippen molar-refractivity contribution >= 4 is 44.5 Å². The van der Waals surface area contributed by atoms with Gasteiger partial charge in [0.25, 0.3) is 0 Å². The van der Waals surface area contributed by atoms with Crippen molar-refractivity contribution in [3.8, 4) is 6.07 Å². The van der Waals surface area contributed by atoms with Crippen molar-refractivity contribution in [2.24, 2.45) is 0 Å². The van der Waals surface area contributed by atoms with Gasteiger partial charge in [-0.1, -0.05) is 11.6 Å². The first-order chi connectivity index (χ1) is 9.28. The minimum atomic E-state index is 0.343. The second-order valence-corrected chi connectivity index (χ2v) is 5.26. The maximum atomic E-state index is 8.93. The lowest BCUT2D eigenvalue weighted by Gasteiger charge is -2.08. The number of hydrogen-bond acceptors (Lipinski definition) is 4. The lowest BCUT2D eigenvalue weighted by molar-refractivity contribution is 1.29. The van der Waals surface area contributed by atoms with Crippen LogP contribution < -0.4 is 5.32 Å². The van der Waals surface area contributed by atoms with E-state index < -0.39 is 0 Å². The van der Waals surface area contributed by atoms with Crippen LogP contribution >= 0.6 is 22.9 Å². The molecule has 92 valence electrons. The number of halogens is 1. The molecule has 0 aliphatic rings. The third-order valence-corrected chi connectivity index (χ3v) is 4.01. The van der Waals surface area contributed by atoms with Crippen LogP contribution in [-0.4, -0.2) is 4.98 Å². The number of fused-ring (bicyclic) bond motifs is 1. The zero-order chi connectivity index (χ0) is 13.2. The standard InChI is InChI=1S/C14H8ClN3S/c15-13-10(8-16)3-5-17-14(13)18-11-1-2-12-9(7-11)4-6-19-12/h1-7H,(H,17,18). The molecule has 2 aromatic heterocycles. The van der Waals surface area contributed by atoms with E-state index in [1.165, 1.54) is 10.1 Å². The molecule has 1 N–H and O–H groups in total. The molecule has 2 heterocycles. The van der Waals surface area contributed by atoms with Gasteiger partial charge in [0.2, 0.25) is 0 Å². The van der Waals surface area contributed by atoms with Gasteiger partial charge in [-0.05, 0) is 41.1 Å². The van der Waals surface area contributed by atoms with Crippen molar-refractivity contribution in [3.63, 3.8) is 0 Å². The summed E-state index contributed by atoms with van der Waals surface area (Å²) in [6.45, 7) is 0. The molecule has 5 heteroatoms. The predicted octanol–water partition coefficient (Wildman–Crippen LogP) is 4.56. The maximum absolute atomic E-state index is 8.93. The first-order valence-electron chi connectivity index (χ1n) is 5.57. The fourth-order valence-corrected chi connectivity index (χ4v) is 2.77. The summed E-state index contributed by atoms with van der Waals surface area (Å²) in [4.78, 5) is 4.16. The van der Waals surface area contributed by atoms with Crippen LogP contribution in [0.2, 0.25) is 5.02 Å². The topological polar surface area (TPSA) is 48.7 Å². The molecular weight excluding hydrogens is 278 g/mol. The fourth-order valence-electron chi connectivity index (χ4n) is 1.80. The molecule has 3 rings (SSSR count). The Labute approximate surface area is 119 Å². The van der Waals surface area contributed by atoms with Gasteiger partial charge in [-0.2, -0.15) is 5.26 Å². The highest BCUT2D eigenvalue weighted by molar-refractivity contribution is 7.17. The highest BCUT2D eigenvalue weighted by atomic mass is 35.5. The van der Waals surface area contributed by atoms with Crippen molar-refractivity contribution < 1.29 is 0 Å². The Balaban J connectivity index is 1.99. The van der Waals surface area contributed by atoms with E-state index in [1.807, 2.05) is 24.3 Å². The number of rotatable bonds is 2. The summed E-state index contributed by atoms with van der Waals surface area (Å²) in [5.41, 5.74) is 1.31. The number of nitrogens with zero attached hydrogens (tertiary/aromatic N) is 2. The van der Waals surface area contributed by atoms with Crippen LogP contribution in [0.25, 0.3) is 10.1 Å². The summed E-state index contributed by atoms with van der Waals surface area (Å²) >= 11 is 7.81. The van der Waals surface area contributed by atoms with E-state index in [1.54, 1.807) is 23.6 Å². The number of nitrogens with one attached hydrogen (secondary N) is 1. The number of nitriles is 1. The Bertz CT molecular complexity index is 789. The Morgan fingerprint density at radius 2 is 2.16 bits per heavy atom. The van der Waals surface area contributed by atoms with Crippen LogP contribution in [0.5, 0.6) is 0 Å².